The van der Waals surface area contributed by atoms with Crippen molar-refractivity contribution in [3.63, 3.8) is 0 Å². The summed E-state index contributed by atoms with van der Waals surface area (Å²) in [5.41, 5.74) is 3.94. The lowest BCUT2D eigenvalue weighted by Gasteiger charge is -2.15. The SMILES string of the molecule is CCc1nc2ccccc2c(NC(=O)C[NH+](C)C)c1C. The van der Waals surface area contributed by atoms with E-state index < -0.39 is 0 Å². The van der Waals surface area contributed by atoms with Crippen molar-refractivity contribution in [2.75, 3.05) is 26.0 Å². The Balaban J connectivity index is 2.49. The second kappa shape index (κ2) is 6.01. The van der Waals surface area contributed by atoms with Crippen molar-refractivity contribution >= 4 is 22.5 Å². The topological polar surface area (TPSA) is 46.4 Å². The Labute approximate surface area is 119 Å². The molecule has 1 aromatic heterocycles. The summed E-state index contributed by atoms with van der Waals surface area (Å²) in [5, 5.41) is 4.06. The molecule has 1 aromatic carbocycles. The molecular weight excluding hydrogens is 250 g/mol. The van der Waals surface area contributed by atoms with Crippen molar-refractivity contribution in [2.24, 2.45) is 0 Å². The molecule has 0 bridgehead atoms. The van der Waals surface area contributed by atoms with E-state index in [0.717, 1.165) is 39.2 Å². The molecule has 1 heterocycles. The number of rotatable bonds is 4. The van der Waals surface area contributed by atoms with Crippen LogP contribution in [0.4, 0.5) is 5.69 Å². The van der Waals surface area contributed by atoms with Gasteiger partial charge in [-0.1, -0.05) is 25.1 Å². The quantitative estimate of drug-likeness (QED) is 0.878. The molecule has 0 fully saturated rings. The molecule has 0 unspecified atom stereocenters. The Morgan fingerprint density at radius 2 is 2.00 bits per heavy atom. The lowest BCUT2D eigenvalue weighted by Crippen LogP contribution is -3.06. The normalized spacial score (nSPS) is 11.1. The molecule has 1 amide bonds. The van der Waals surface area contributed by atoms with Crippen LogP contribution in [0, 0.1) is 6.92 Å². The van der Waals surface area contributed by atoms with E-state index in [1.54, 1.807) is 0 Å². The van der Waals surface area contributed by atoms with Gasteiger partial charge >= 0.3 is 0 Å². The van der Waals surface area contributed by atoms with Gasteiger partial charge in [0.15, 0.2) is 6.54 Å². The van der Waals surface area contributed by atoms with Crippen LogP contribution in [0.2, 0.25) is 0 Å². The van der Waals surface area contributed by atoms with E-state index in [4.69, 9.17) is 0 Å². The largest absolute Gasteiger partial charge is 0.332 e. The molecule has 4 heteroatoms. The van der Waals surface area contributed by atoms with E-state index in [-0.39, 0.29) is 5.91 Å². The summed E-state index contributed by atoms with van der Waals surface area (Å²) >= 11 is 0. The van der Waals surface area contributed by atoms with E-state index in [1.165, 1.54) is 0 Å². The van der Waals surface area contributed by atoms with Gasteiger partial charge in [-0.3, -0.25) is 9.78 Å². The van der Waals surface area contributed by atoms with Crippen LogP contribution in [0.15, 0.2) is 24.3 Å². The summed E-state index contributed by atoms with van der Waals surface area (Å²) in [5.74, 6) is 0.0338. The highest BCUT2D eigenvalue weighted by Crippen LogP contribution is 2.28. The highest BCUT2D eigenvalue weighted by Gasteiger charge is 2.14. The third-order valence-corrected chi connectivity index (χ3v) is 3.35. The standard InChI is InChI=1S/C16H21N3O/c1-5-13-11(2)16(18-15(20)10-19(3)4)12-8-6-7-9-14(12)17-13/h6-9H,5,10H2,1-4H3,(H,17,18,20)/p+1. The number of aromatic nitrogens is 1. The van der Waals surface area contributed by atoms with Crippen molar-refractivity contribution in [1.82, 2.24) is 4.98 Å². The molecule has 2 rings (SSSR count). The van der Waals surface area contributed by atoms with E-state index in [0.29, 0.717) is 6.54 Å². The highest BCUT2D eigenvalue weighted by atomic mass is 16.2. The lowest BCUT2D eigenvalue weighted by atomic mass is 10.1. The lowest BCUT2D eigenvalue weighted by molar-refractivity contribution is -0.849. The summed E-state index contributed by atoms with van der Waals surface area (Å²) in [4.78, 5) is 17.8. The van der Waals surface area contributed by atoms with E-state index in [1.807, 2.05) is 45.3 Å². The van der Waals surface area contributed by atoms with Gasteiger partial charge in [-0.2, -0.15) is 0 Å². The molecule has 0 atom stereocenters. The molecule has 2 aromatic rings. The third-order valence-electron chi connectivity index (χ3n) is 3.35. The van der Waals surface area contributed by atoms with Crippen molar-refractivity contribution in [3.8, 4) is 0 Å². The number of nitrogens with one attached hydrogen (secondary N) is 2. The molecule has 0 aliphatic heterocycles. The van der Waals surface area contributed by atoms with Crippen LogP contribution in [-0.4, -0.2) is 31.5 Å². The highest BCUT2D eigenvalue weighted by molar-refractivity contribution is 6.02. The Morgan fingerprint density at radius 3 is 2.65 bits per heavy atom. The zero-order valence-corrected chi connectivity index (χ0v) is 12.6. The minimum absolute atomic E-state index is 0.0338. The maximum absolute atomic E-state index is 12.1. The number of hydrogen-bond acceptors (Lipinski definition) is 2. The Bertz CT molecular complexity index is 635. The van der Waals surface area contributed by atoms with Gasteiger partial charge in [0.2, 0.25) is 0 Å². The summed E-state index contributed by atoms with van der Waals surface area (Å²) in [6.45, 7) is 4.56. The molecule has 0 spiro atoms. The first kappa shape index (κ1) is 14.5. The molecule has 4 nitrogen and oxygen atoms in total. The van der Waals surface area contributed by atoms with Crippen LogP contribution in [-0.2, 0) is 11.2 Å². The number of quaternary nitrogens is 1. The maximum Gasteiger partial charge on any atom is 0.279 e. The Kier molecular flexibility index (Phi) is 4.35. The van der Waals surface area contributed by atoms with E-state index >= 15 is 0 Å². The zero-order valence-electron chi connectivity index (χ0n) is 12.6. The monoisotopic (exact) mass is 272 g/mol. The number of likely N-dealkylation sites (N-methyl/N-ethyl adjacent to an activating group) is 1. The fraction of sp³-hybridized carbons (Fsp3) is 0.375. The summed E-state index contributed by atoms with van der Waals surface area (Å²) in [6.07, 6.45) is 0.860. The van der Waals surface area contributed by atoms with Gasteiger partial charge in [0.25, 0.3) is 5.91 Å². The van der Waals surface area contributed by atoms with Gasteiger partial charge in [-0.25, -0.2) is 0 Å². The first-order valence-corrected chi connectivity index (χ1v) is 7.00. The molecule has 0 saturated heterocycles. The number of nitrogens with zero attached hydrogens (tertiary/aromatic N) is 1. The molecule has 0 saturated carbocycles. The predicted molar refractivity (Wildman–Crippen MR) is 82.2 cm³/mol. The Morgan fingerprint density at radius 1 is 1.30 bits per heavy atom. The molecular formula is C16H22N3O+. The van der Waals surface area contributed by atoms with Gasteiger partial charge in [0.1, 0.15) is 0 Å². The molecule has 20 heavy (non-hydrogen) atoms. The van der Waals surface area contributed by atoms with Crippen molar-refractivity contribution < 1.29 is 9.69 Å². The van der Waals surface area contributed by atoms with Crippen molar-refractivity contribution in [2.45, 2.75) is 20.3 Å². The number of benzene rings is 1. The minimum Gasteiger partial charge on any atom is -0.332 e. The van der Waals surface area contributed by atoms with Gasteiger partial charge < -0.3 is 10.2 Å². The average Bonchev–Trinajstić information content (AvgIpc) is 2.40. The molecule has 2 N–H and O–H groups in total. The van der Waals surface area contributed by atoms with E-state index in [9.17, 15) is 4.79 Å². The average molecular weight is 272 g/mol. The van der Waals surface area contributed by atoms with Crippen molar-refractivity contribution in [1.29, 1.82) is 0 Å². The number of para-hydroxylation sites is 1. The van der Waals surface area contributed by atoms with Gasteiger partial charge in [0, 0.05) is 11.1 Å². The molecule has 0 aliphatic carbocycles. The van der Waals surface area contributed by atoms with Crippen molar-refractivity contribution in [3.05, 3.63) is 35.5 Å². The first-order chi connectivity index (χ1) is 9.52. The van der Waals surface area contributed by atoms with Gasteiger partial charge in [-0.15, -0.1) is 0 Å². The van der Waals surface area contributed by atoms with Crippen LogP contribution >= 0.6 is 0 Å². The summed E-state index contributed by atoms with van der Waals surface area (Å²) in [6, 6.07) is 7.94. The molecule has 0 radical (unpaired) electrons. The number of anilines is 1. The second-order valence-electron chi connectivity index (χ2n) is 5.36. The predicted octanol–water partition coefficient (Wildman–Crippen LogP) is 1.19. The molecule has 0 aliphatic rings. The molecule has 106 valence electrons. The van der Waals surface area contributed by atoms with Crippen LogP contribution in [0.1, 0.15) is 18.2 Å². The maximum atomic E-state index is 12.1. The number of aryl methyl sites for hydroxylation is 1. The van der Waals surface area contributed by atoms with Crippen LogP contribution < -0.4 is 10.2 Å². The van der Waals surface area contributed by atoms with Gasteiger partial charge in [0.05, 0.1) is 25.3 Å². The summed E-state index contributed by atoms with van der Waals surface area (Å²) < 4.78 is 0. The fourth-order valence-electron chi connectivity index (χ4n) is 2.37. The van der Waals surface area contributed by atoms with E-state index in [2.05, 4.69) is 17.2 Å². The van der Waals surface area contributed by atoms with Crippen LogP contribution in [0.3, 0.4) is 0 Å². The van der Waals surface area contributed by atoms with Gasteiger partial charge in [-0.05, 0) is 25.0 Å². The zero-order chi connectivity index (χ0) is 14.7. The number of carbonyl (C=O) groups excluding carboxylic acids is 1. The number of carbonyl (C=O) groups is 1. The minimum atomic E-state index is 0.0338. The second-order valence-corrected chi connectivity index (χ2v) is 5.36. The summed E-state index contributed by atoms with van der Waals surface area (Å²) in [7, 11) is 3.93. The number of pyridine rings is 1. The number of fused-ring (bicyclic) bond motifs is 1. The number of amides is 1. The third kappa shape index (κ3) is 2.96. The fourth-order valence-corrected chi connectivity index (χ4v) is 2.37. The van der Waals surface area contributed by atoms with Crippen LogP contribution in [0.5, 0.6) is 0 Å². The smallest absolute Gasteiger partial charge is 0.279 e. The number of hydrogen-bond donors (Lipinski definition) is 2. The Hall–Kier alpha value is -1.94. The van der Waals surface area contributed by atoms with Crippen LogP contribution in [0.25, 0.3) is 10.9 Å². The first-order valence-electron chi connectivity index (χ1n) is 7.00.